The van der Waals surface area contributed by atoms with Crippen molar-refractivity contribution >= 4 is 22.8 Å². The Labute approximate surface area is 163 Å². The van der Waals surface area contributed by atoms with E-state index in [0.29, 0.717) is 30.0 Å². The lowest BCUT2D eigenvalue weighted by Gasteiger charge is -2.16. The molecule has 28 heavy (non-hydrogen) atoms. The summed E-state index contributed by atoms with van der Waals surface area (Å²) in [6.07, 6.45) is 3.49. The number of anilines is 2. The van der Waals surface area contributed by atoms with Crippen LogP contribution in [0.1, 0.15) is 30.9 Å². The van der Waals surface area contributed by atoms with E-state index in [0.717, 1.165) is 29.5 Å². The predicted octanol–water partition coefficient (Wildman–Crippen LogP) is 2.03. The van der Waals surface area contributed by atoms with Crippen LogP contribution in [-0.4, -0.2) is 33.0 Å². The van der Waals surface area contributed by atoms with Gasteiger partial charge in [-0.05, 0) is 18.1 Å². The Balaban J connectivity index is 1.99. The summed E-state index contributed by atoms with van der Waals surface area (Å²) in [7, 11) is 1.61. The van der Waals surface area contributed by atoms with Crippen molar-refractivity contribution in [1.29, 1.82) is 5.26 Å². The summed E-state index contributed by atoms with van der Waals surface area (Å²) >= 11 is 0. The molecule has 2 heterocycles. The van der Waals surface area contributed by atoms with Crippen LogP contribution in [0.4, 0.5) is 11.8 Å². The van der Waals surface area contributed by atoms with Crippen LogP contribution in [0.15, 0.2) is 24.4 Å². The van der Waals surface area contributed by atoms with E-state index in [1.54, 1.807) is 18.0 Å². The molecule has 5 N–H and O–H groups in total. The van der Waals surface area contributed by atoms with Gasteiger partial charge in [0.15, 0.2) is 5.82 Å². The zero-order valence-corrected chi connectivity index (χ0v) is 16.0. The third kappa shape index (κ3) is 4.13. The SMILES string of the molecule is CCCC(N)Nc1nc(N)nc2cnn(Cc3ccc(CC#N)cc3OC)c12. The minimum atomic E-state index is -0.245. The lowest BCUT2D eigenvalue weighted by molar-refractivity contribution is 0.407. The van der Waals surface area contributed by atoms with Crippen molar-refractivity contribution in [3.63, 3.8) is 0 Å². The molecule has 0 aliphatic carbocycles. The number of nitrogens with two attached hydrogens (primary N) is 2. The number of methoxy groups -OCH3 is 1. The summed E-state index contributed by atoms with van der Waals surface area (Å²) in [6.45, 7) is 2.52. The van der Waals surface area contributed by atoms with E-state index in [1.165, 1.54) is 0 Å². The number of hydrogen-bond acceptors (Lipinski definition) is 8. The molecule has 1 atom stereocenters. The van der Waals surface area contributed by atoms with Crippen molar-refractivity contribution in [2.75, 3.05) is 18.2 Å². The van der Waals surface area contributed by atoms with E-state index < -0.39 is 0 Å². The summed E-state index contributed by atoms with van der Waals surface area (Å²) in [6, 6.07) is 7.87. The Bertz CT molecular complexity index is 1010. The number of nitrogens with zero attached hydrogens (tertiary/aromatic N) is 5. The average Bonchev–Trinajstić information content (AvgIpc) is 3.06. The highest BCUT2D eigenvalue weighted by molar-refractivity contribution is 5.86. The van der Waals surface area contributed by atoms with Gasteiger partial charge in [0, 0.05) is 5.56 Å². The van der Waals surface area contributed by atoms with Crippen LogP contribution in [0.2, 0.25) is 0 Å². The Kier molecular flexibility index (Phi) is 5.91. The smallest absolute Gasteiger partial charge is 0.222 e. The summed E-state index contributed by atoms with van der Waals surface area (Å²) in [5.41, 5.74) is 15.2. The van der Waals surface area contributed by atoms with Crippen LogP contribution in [0.3, 0.4) is 0 Å². The quantitative estimate of drug-likeness (QED) is 0.504. The number of nitrogen functional groups attached to an aromatic ring is 1. The topological polar surface area (TPSA) is 141 Å². The molecule has 0 amide bonds. The summed E-state index contributed by atoms with van der Waals surface area (Å²) in [5, 5.41) is 16.6. The number of benzene rings is 1. The van der Waals surface area contributed by atoms with Crippen molar-refractivity contribution in [2.24, 2.45) is 5.73 Å². The zero-order valence-electron chi connectivity index (χ0n) is 16.0. The van der Waals surface area contributed by atoms with Gasteiger partial charge in [-0.25, -0.2) is 4.98 Å². The van der Waals surface area contributed by atoms with Crippen molar-refractivity contribution in [1.82, 2.24) is 19.7 Å². The highest BCUT2D eigenvalue weighted by Gasteiger charge is 2.16. The summed E-state index contributed by atoms with van der Waals surface area (Å²) < 4.78 is 7.29. The second kappa shape index (κ2) is 8.54. The van der Waals surface area contributed by atoms with Crippen LogP contribution in [0.25, 0.3) is 11.0 Å². The number of fused-ring (bicyclic) bond motifs is 1. The molecule has 0 bridgehead atoms. The van der Waals surface area contributed by atoms with E-state index in [-0.39, 0.29) is 12.1 Å². The maximum atomic E-state index is 8.90. The van der Waals surface area contributed by atoms with Crippen molar-refractivity contribution in [2.45, 2.75) is 38.9 Å². The Morgan fingerprint density at radius 1 is 1.36 bits per heavy atom. The number of rotatable bonds is 8. The van der Waals surface area contributed by atoms with E-state index in [1.807, 2.05) is 18.2 Å². The molecule has 0 saturated carbocycles. The first-order valence-corrected chi connectivity index (χ1v) is 9.09. The molecule has 0 aliphatic heterocycles. The van der Waals surface area contributed by atoms with E-state index in [2.05, 4.69) is 33.4 Å². The molecule has 2 aromatic heterocycles. The van der Waals surface area contributed by atoms with E-state index in [4.69, 9.17) is 21.5 Å². The van der Waals surface area contributed by atoms with Gasteiger partial charge >= 0.3 is 0 Å². The van der Waals surface area contributed by atoms with Gasteiger partial charge < -0.3 is 21.5 Å². The van der Waals surface area contributed by atoms with Crippen molar-refractivity contribution in [3.05, 3.63) is 35.5 Å². The summed E-state index contributed by atoms with van der Waals surface area (Å²) in [5.74, 6) is 1.42. The fraction of sp³-hybridized carbons (Fsp3) is 0.368. The van der Waals surface area contributed by atoms with Crippen LogP contribution < -0.4 is 21.5 Å². The molecular formula is C19H24N8O. The molecule has 9 nitrogen and oxygen atoms in total. The van der Waals surface area contributed by atoms with Crippen LogP contribution in [0, 0.1) is 11.3 Å². The molecule has 1 aromatic carbocycles. The zero-order chi connectivity index (χ0) is 20.1. The van der Waals surface area contributed by atoms with E-state index >= 15 is 0 Å². The lowest BCUT2D eigenvalue weighted by Crippen LogP contribution is -2.30. The third-order valence-corrected chi connectivity index (χ3v) is 4.38. The molecule has 9 heteroatoms. The third-order valence-electron chi connectivity index (χ3n) is 4.38. The van der Waals surface area contributed by atoms with Crippen LogP contribution >= 0.6 is 0 Å². The Hall–Kier alpha value is -3.38. The molecule has 3 aromatic rings. The maximum Gasteiger partial charge on any atom is 0.222 e. The summed E-state index contributed by atoms with van der Waals surface area (Å²) in [4.78, 5) is 8.59. The Morgan fingerprint density at radius 2 is 2.18 bits per heavy atom. The van der Waals surface area contributed by atoms with Gasteiger partial charge in [0.2, 0.25) is 5.95 Å². The number of nitrogens with one attached hydrogen (secondary N) is 1. The average molecular weight is 380 g/mol. The fourth-order valence-corrected chi connectivity index (χ4v) is 3.08. The van der Waals surface area contributed by atoms with Gasteiger partial charge in [-0.1, -0.05) is 25.5 Å². The van der Waals surface area contributed by atoms with Crippen molar-refractivity contribution in [3.8, 4) is 11.8 Å². The second-order valence-corrected chi connectivity index (χ2v) is 6.49. The molecule has 0 saturated heterocycles. The number of nitriles is 1. The molecular weight excluding hydrogens is 356 g/mol. The van der Waals surface area contributed by atoms with Gasteiger partial charge in [0.05, 0.1) is 38.5 Å². The standard InChI is InChI=1S/C19H24N8O/c1-3-4-16(21)25-18-17-14(24-19(22)26-18)10-23-27(17)11-13-6-5-12(7-8-20)9-15(13)28-2/h5-6,9-10,16H,3-4,7,11,21H2,1-2H3,(H3,22,24,25,26). The highest BCUT2D eigenvalue weighted by Crippen LogP contribution is 2.26. The molecule has 1 unspecified atom stereocenters. The van der Waals surface area contributed by atoms with Gasteiger partial charge in [0.1, 0.15) is 16.8 Å². The molecule has 3 rings (SSSR count). The van der Waals surface area contributed by atoms with Gasteiger partial charge in [-0.2, -0.15) is 15.3 Å². The van der Waals surface area contributed by atoms with Crippen LogP contribution in [0.5, 0.6) is 5.75 Å². The van der Waals surface area contributed by atoms with Gasteiger partial charge in [-0.3, -0.25) is 4.68 Å². The first-order chi connectivity index (χ1) is 13.5. The second-order valence-electron chi connectivity index (χ2n) is 6.49. The predicted molar refractivity (Wildman–Crippen MR) is 108 cm³/mol. The monoisotopic (exact) mass is 380 g/mol. The van der Waals surface area contributed by atoms with Gasteiger partial charge in [-0.15, -0.1) is 0 Å². The Morgan fingerprint density at radius 3 is 2.89 bits per heavy atom. The highest BCUT2D eigenvalue weighted by atomic mass is 16.5. The maximum absolute atomic E-state index is 8.90. The normalized spacial score (nSPS) is 11.9. The molecule has 146 valence electrons. The first kappa shape index (κ1) is 19.4. The number of hydrogen-bond donors (Lipinski definition) is 3. The molecule has 0 spiro atoms. The van der Waals surface area contributed by atoms with E-state index in [9.17, 15) is 0 Å². The number of ether oxygens (including phenoxy) is 1. The molecule has 0 aliphatic rings. The lowest BCUT2D eigenvalue weighted by atomic mass is 10.1. The molecule has 0 fully saturated rings. The largest absolute Gasteiger partial charge is 0.496 e. The number of aromatic nitrogens is 4. The van der Waals surface area contributed by atoms with Crippen LogP contribution in [-0.2, 0) is 13.0 Å². The minimum Gasteiger partial charge on any atom is -0.496 e. The van der Waals surface area contributed by atoms with Crippen molar-refractivity contribution < 1.29 is 4.74 Å². The minimum absolute atomic E-state index is 0.164. The van der Waals surface area contributed by atoms with Gasteiger partial charge in [0.25, 0.3) is 0 Å². The molecule has 0 radical (unpaired) electrons. The fourth-order valence-electron chi connectivity index (χ4n) is 3.08. The first-order valence-electron chi connectivity index (χ1n) is 9.09.